The first-order valence-electron chi connectivity index (χ1n) is 6.87. The van der Waals surface area contributed by atoms with E-state index in [0.29, 0.717) is 15.7 Å². The second-order valence-electron chi connectivity index (χ2n) is 5.02. The summed E-state index contributed by atoms with van der Waals surface area (Å²) in [5.41, 5.74) is 1.72. The number of carbonyl (C=O) groups excluding carboxylic acids is 1. The van der Waals surface area contributed by atoms with Gasteiger partial charge in [-0.1, -0.05) is 23.2 Å². The Morgan fingerprint density at radius 1 is 1.23 bits per heavy atom. The van der Waals surface area contributed by atoms with Crippen molar-refractivity contribution >= 4 is 34.8 Å². The summed E-state index contributed by atoms with van der Waals surface area (Å²) in [6.45, 7) is 1.06. The minimum absolute atomic E-state index is 0.124. The maximum Gasteiger partial charge on any atom is 0.238 e. The number of pyridine rings is 1. The van der Waals surface area contributed by atoms with Crippen molar-refractivity contribution in [3.63, 3.8) is 0 Å². The molecule has 0 aliphatic carbocycles. The largest absolute Gasteiger partial charge is 0.324 e. The Kier molecular flexibility index (Phi) is 6.19. The minimum atomic E-state index is -0.124. The van der Waals surface area contributed by atoms with Crippen LogP contribution in [0.4, 0.5) is 5.69 Å². The average Bonchev–Trinajstić information content (AvgIpc) is 2.50. The SMILES string of the molecule is CN(CCc1ccncc1)CC(=O)Nc1cc(Cl)ccc1Cl. The summed E-state index contributed by atoms with van der Waals surface area (Å²) in [6, 6.07) is 8.92. The second kappa shape index (κ2) is 8.13. The van der Waals surface area contributed by atoms with Crippen LogP contribution >= 0.6 is 23.2 Å². The minimum Gasteiger partial charge on any atom is -0.324 e. The first-order valence-corrected chi connectivity index (χ1v) is 7.62. The lowest BCUT2D eigenvalue weighted by Crippen LogP contribution is -2.31. The third-order valence-corrected chi connectivity index (χ3v) is 3.71. The number of anilines is 1. The molecule has 0 saturated carbocycles. The molecule has 0 atom stereocenters. The van der Waals surface area contributed by atoms with Gasteiger partial charge in [-0.05, 0) is 49.4 Å². The van der Waals surface area contributed by atoms with E-state index in [1.54, 1.807) is 30.6 Å². The molecule has 0 aliphatic heterocycles. The van der Waals surface area contributed by atoms with Gasteiger partial charge in [0.1, 0.15) is 0 Å². The molecule has 1 aromatic heterocycles. The lowest BCUT2D eigenvalue weighted by Gasteiger charge is -2.16. The van der Waals surface area contributed by atoms with E-state index < -0.39 is 0 Å². The summed E-state index contributed by atoms with van der Waals surface area (Å²) in [4.78, 5) is 18.0. The summed E-state index contributed by atoms with van der Waals surface area (Å²) in [6.07, 6.45) is 4.40. The zero-order valence-electron chi connectivity index (χ0n) is 12.2. The summed E-state index contributed by atoms with van der Waals surface area (Å²) in [7, 11) is 1.90. The molecule has 0 radical (unpaired) electrons. The van der Waals surface area contributed by atoms with Gasteiger partial charge in [-0.25, -0.2) is 0 Å². The van der Waals surface area contributed by atoms with E-state index in [9.17, 15) is 4.79 Å². The quantitative estimate of drug-likeness (QED) is 0.877. The van der Waals surface area contributed by atoms with E-state index >= 15 is 0 Å². The van der Waals surface area contributed by atoms with Crippen molar-refractivity contribution in [1.29, 1.82) is 0 Å². The summed E-state index contributed by atoms with van der Waals surface area (Å²) in [5, 5.41) is 3.78. The van der Waals surface area contributed by atoms with Crippen LogP contribution < -0.4 is 5.32 Å². The molecule has 0 fully saturated rings. The molecular weight excluding hydrogens is 321 g/mol. The van der Waals surface area contributed by atoms with Gasteiger partial charge >= 0.3 is 0 Å². The zero-order valence-corrected chi connectivity index (χ0v) is 13.7. The molecule has 1 N–H and O–H groups in total. The Balaban J connectivity index is 1.82. The summed E-state index contributed by atoms with van der Waals surface area (Å²) >= 11 is 11.9. The maximum absolute atomic E-state index is 12.0. The maximum atomic E-state index is 12.0. The number of benzene rings is 1. The van der Waals surface area contributed by atoms with E-state index in [0.717, 1.165) is 13.0 Å². The van der Waals surface area contributed by atoms with Crippen LogP contribution in [0.3, 0.4) is 0 Å². The van der Waals surface area contributed by atoms with Crippen molar-refractivity contribution in [1.82, 2.24) is 9.88 Å². The number of likely N-dealkylation sites (N-methyl/N-ethyl adjacent to an activating group) is 1. The van der Waals surface area contributed by atoms with Gasteiger partial charge in [0.2, 0.25) is 5.91 Å². The monoisotopic (exact) mass is 337 g/mol. The smallest absolute Gasteiger partial charge is 0.238 e. The first kappa shape index (κ1) is 16.7. The summed E-state index contributed by atoms with van der Waals surface area (Å²) in [5.74, 6) is -0.124. The van der Waals surface area contributed by atoms with Crippen LogP contribution in [0.25, 0.3) is 0 Å². The van der Waals surface area contributed by atoms with Gasteiger partial charge in [-0.2, -0.15) is 0 Å². The Labute approximate surface area is 140 Å². The highest BCUT2D eigenvalue weighted by Crippen LogP contribution is 2.25. The molecule has 1 heterocycles. The van der Waals surface area contributed by atoms with Crippen LogP contribution in [-0.2, 0) is 11.2 Å². The van der Waals surface area contributed by atoms with Crippen LogP contribution in [0.1, 0.15) is 5.56 Å². The predicted molar refractivity (Wildman–Crippen MR) is 90.5 cm³/mol. The van der Waals surface area contributed by atoms with Gasteiger partial charge in [0.05, 0.1) is 17.3 Å². The number of nitrogens with one attached hydrogen (secondary N) is 1. The molecule has 0 saturated heterocycles. The average molecular weight is 338 g/mol. The van der Waals surface area contributed by atoms with Crippen LogP contribution in [0.5, 0.6) is 0 Å². The van der Waals surface area contributed by atoms with Crippen LogP contribution in [0, 0.1) is 0 Å². The molecule has 1 aromatic carbocycles. The van der Waals surface area contributed by atoms with E-state index in [4.69, 9.17) is 23.2 Å². The molecule has 22 heavy (non-hydrogen) atoms. The van der Waals surface area contributed by atoms with Gasteiger partial charge < -0.3 is 5.32 Å². The van der Waals surface area contributed by atoms with Crippen molar-refractivity contribution in [3.05, 3.63) is 58.3 Å². The van der Waals surface area contributed by atoms with Gasteiger partial charge in [-0.3, -0.25) is 14.7 Å². The molecule has 4 nitrogen and oxygen atoms in total. The van der Waals surface area contributed by atoms with Gasteiger partial charge in [0.25, 0.3) is 0 Å². The highest BCUT2D eigenvalue weighted by atomic mass is 35.5. The Hall–Kier alpha value is -1.62. The molecule has 2 rings (SSSR count). The molecule has 6 heteroatoms. The lowest BCUT2D eigenvalue weighted by atomic mass is 10.2. The number of rotatable bonds is 6. The number of aromatic nitrogens is 1. The van der Waals surface area contributed by atoms with E-state index in [1.165, 1.54) is 5.56 Å². The molecule has 2 aromatic rings. The number of carbonyl (C=O) groups is 1. The topological polar surface area (TPSA) is 45.2 Å². The van der Waals surface area contributed by atoms with E-state index in [2.05, 4.69) is 10.3 Å². The molecular formula is C16H17Cl2N3O. The van der Waals surface area contributed by atoms with Crippen LogP contribution in [-0.4, -0.2) is 35.9 Å². The zero-order chi connectivity index (χ0) is 15.9. The fourth-order valence-electron chi connectivity index (χ4n) is 1.98. The first-order chi connectivity index (χ1) is 10.5. The number of nitrogens with zero attached hydrogens (tertiary/aromatic N) is 2. The number of amides is 1. The fraction of sp³-hybridized carbons (Fsp3) is 0.250. The fourth-order valence-corrected chi connectivity index (χ4v) is 2.31. The second-order valence-corrected chi connectivity index (χ2v) is 5.86. The molecule has 116 valence electrons. The van der Waals surface area contributed by atoms with Gasteiger partial charge in [0, 0.05) is 24.0 Å². The predicted octanol–water partition coefficient (Wildman–Crippen LogP) is 3.50. The third-order valence-electron chi connectivity index (χ3n) is 3.15. The van der Waals surface area contributed by atoms with E-state index in [1.807, 2.05) is 24.1 Å². The van der Waals surface area contributed by atoms with Gasteiger partial charge in [-0.15, -0.1) is 0 Å². The lowest BCUT2D eigenvalue weighted by molar-refractivity contribution is -0.117. The summed E-state index contributed by atoms with van der Waals surface area (Å²) < 4.78 is 0. The highest BCUT2D eigenvalue weighted by molar-refractivity contribution is 6.35. The molecule has 0 spiro atoms. The third kappa shape index (κ3) is 5.30. The van der Waals surface area contributed by atoms with Crippen molar-refractivity contribution in [2.75, 3.05) is 25.5 Å². The molecule has 0 aliphatic rings. The Bertz CT molecular complexity index is 635. The Morgan fingerprint density at radius 3 is 2.68 bits per heavy atom. The number of halogens is 2. The van der Waals surface area contributed by atoms with Gasteiger partial charge in [0.15, 0.2) is 0 Å². The molecule has 0 bridgehead atoms. The highest BCUT2D eigenvalue weighted by Gasteiger charge is 2.09. The van der Waals surface area contributed by atoms with Crippen molar-refractivity contribution in [2.24, 2.45) is 0 Å². The van der Waals surface area contributed by atoms with Crippen molar-refractivity contribution < 1.29 is 4.79 Å². The number of hydrogen-bond acceptors (Lipinski definition) is 3. The van der Waals surface area contributed by atoms with Crippen LogP contribution in [0.15, 0.2) is 42.7 Å². The van der Waals surface area contributed by atoms with Crippen LogP contribution in [0.2, 0.25) is 10.0 Å². The Morgan fingerprint density at radius 2 is 1.95 bits per heavy atom. The van der Waals surface area contributed by atoms with E-state index in [-0.39, 0.29) is 12.5 Å². The van der Waals surface area contributed by atoms with Crippen molar-refractivity contribution in [3.8, 4) is 0 Å². The number of hydrogen-bond donors (Lipinski definition) is 1. The standard InChI is InChI=1S/C16H17Cl2N3O/c1-21(9-6-12-4-7-19-8-5-12)11-16(22)20-15-10-13(17)2-3-14(15)18/h2-5,7-8,10H,6,9,11H2,1H3,(H,20,22). The normalized spacial score (nSPS) is 10.7. The van der Waals surface area contributed by atoms with Crippen molar-refractivity contribution in [2.45, 2.75) is 6.42 Å². The molecule has 0 unspecified atom stereocenters. The molecule has 1 amide bonds.